The molecule has 0 radical (unpaired) electrons. The lowest BCUT2D eigenvalue weighted by molar-refractivity contribution is -0.142. The predicted molar refractivity (Wildman–Crippen MR) is 83.7 cm³/mol. The molecule has 128 valence electrons. The van der Waals surface area contributed by atoms with Crippen molar-refractivity contribution in [3.05, 3.63) is 23.8 Å². The number of carbonyl (C=O) groups is 2. The van der Waals surface area contributed by atoms with Gasteiger partial charge in [-0.25, -0.2) is 4.79 Å². The number of esters is 1. The molecular formula is C16H23NO6. The summed E-state index contributed by atoms with van der Waals surface area (Å²) in [4.78, 5) is 23.1. The number of ether oxygens (including phenoxy) is 4. The monoisotopic (exact) mass is 325 g/mol. The van der Waals surface area contributed by atoms with Crippen molar-refractivity contribution in [3.8, 4) is 11.5 Å². The first kappa shape index (κ1) is 18.6. The minimum Gasteiger partial charge on any atom is -0.497 e. The summed E-state index contributed by atoms with van der Waals surface area (Å²) >= 11 is 0. The summed E-state index contributed by atoms with van der Waals surface area (Å²) in [6.07, 6.45) is -0.718. The maximum absolute atomic E-state index is 11.8. The average molecular weight is 325 g/mol. The fourth-order valence-corrected chi connectivity index (χ4v) is 1.84. The summed E-state index contributed by atoms with van der Waals surface area (Å²) < 4.78 is 20.5. The number of carbonyl (C=O) groups excluding carboxylic acids is 2. The first-order valence-electron chi connectivity index (χ1n) is 7.18. The average Bonchev–Trinajstić information content (AvgIpc) is 2.52. The van der Waals surface area contributed by atoms with E-state index in [0.29, 0.717) is 17.1 Å². The van der Waals surface area contributed by atoms with Crippen molar-refractivity contribution >= 4 is 12.1 Å². The van der Waals surface area contributed by atoms with Gasteiger partial charge in [0.2, 0.25) is 0 Å². The van der Waals surface area contributed by atoms with E-state index in [-0.39, 0.29) is 13.2 Å². The zero-order chi connectivity index (χ0) is 17.5. The van der Waals surface area contributed by atoms with Gasteiger partial charge in [0, 0.05) is 11.6 Å². The van der Waals surface area contributed by atoms with Crippen LogP contribution in [0.5, 0.6) is 11.5 Å². The van der Waals surface area contributed by atoms with E-state index in [9.17, 15) is 9.59 Å². The van der Waals surface area contributed by atoms with Crippen LogP contribution < -0.4 is 14.8 Å². The Balaban J connectivity index is 2.78. The van der Waals surface area contributed by atoms with Crippen molar-refractivity contribution in [1.82, 2.24) is 5.32 Å². The highest BCUT2D eigenvalue weighted by Crippen LogP contribution is 2.32. The molecule has 0 bridgehead atoms. The molecule has 0 fully saturated rings. The number of hydrogen-bond acceptors (Lipinski definition) is 6. The van der Waals surface area contributed by atoms with Crippen molar-refractivity contribution in [2.75, 3.05) is 27.4 Å². The zero-order valence-electron chi connectivity index (χ0n) is 14.1. The quantitative estimate of drug-likeness (QED) is 0.774. The van der Waals surface area contributed by atoms with Crippen molar-refractivity contribution in [1.29, 1.82) is 0 Å². The van der Waals surface area contributed by atoms with Gasteiger partial charge >= 0.3 is 12.1 Å². The molecule has 0 aliphatic rings. The highest BCUT2D eigenvalue weighted by Gasteiger charge is 2.27. The second kappa shape index (κ2) is 8.26. The van der Waals surface area contributed by atoms with E-state index in [1.54, 1.807) is 53.2 Å². The molecule has 23 heavy (non-hydrogen) atoms. The summed E-state index contributed by atoms with van der Waals surface area (Å²) in [5.41, 5.74) is -0.249. The number of methoxy groups -OCH3 is 2. The fraction of sp³-hybridized carbons (Fsp3) is 0.500. The van der Waals surface area contributed by atoms with E-state index in [1.807, 2.05) is 0 Å². The number of amides is 1. The van der Waals surface area contributed by atoms with Crippen molar-refractivity contribution in [2.45, 2.75) is 26.4 Å². The maximum atomic E-state index is 11.8. The van der Waals surface area contributed by atoms with E-state index in [4.69, 9.17) is 18.9 Å². The van der Waals surface area contributed by atoms with Crippen LogP contribution in [0, 0.1) is 0 Å². The van der Waals surface area contributed by atoms with Crippen LogP contribution in [0.25, 0.3) is 0 Å². The van der Waals surface area contributed by atoms with Gasteiger partial charge in [0.1, 0.15) is 23.6 Å². The Labute approximate surface area is 135 Å². The van der Waals surface area contributed by atoms with Crippen LogP contribution in [0.4, 0.5) is 4.79 Å². The maximum Gasteiger partial charge on any atom is 0.408 e. The summed E-state index contributed by atoms with van der Waals surface area (Å²) in [6, 6.07) is 5.22. The van der Waals surface area contributed by atoms with Crippen LogP contribution in [0.3, 0.4) is 0 Å². The summed E-state index contributed by atoms with van der Waals surface area (Å²) in [7, 11) is 3.08. The second-order valence-electron chi connectivity index (χ2n) is 5.16. The third kappa shape index (κ3) is 5.69. The highest BCUT2D eigenvalue weighted by atomic mass is 16.6. The Morgan fingerprint density at radius 2 is 1.65 bits per heavy atom. The third-order valence-electron chi connectivity index (χ3n) is 3.08. The number of alkyl carbamates (subject to hydrolysis) is 1. The number of benzene rings is 1. The first-order valence-corrected chi connectivity index (χ1v) is 7.18. The van der Waals surface area contributed by atoms with Crippen LogP contribution >= 0.6 is 0 Å². The van der Waals surface area contributed by atoms with Crippen molar-refractivity contribution < 1.29 is 28.5 Å². The minimum absolute atomic E-state index is 0.246. The Morgan fingerprint density at radius 3 is 2.13 bits per heavy atom. The van der Waals surface area contributed by atoms with Gasteiger partial charge in [-0.05, 0) is 32.9 Å². The van der Waals surface area contributed by atoms with Gasteiger partial charge in [0.05, 0.1) is 20.8 Å². The molecule has 7 heteroatoms. The molecule has 0 atom stereocenters. The Morgan fingerprint density at radius 1 is 1.09 bits per heavy atom. The summed E-state index contributed by atoms with van der Waals surface area (Å²) in [5.74, 6) is 0.649. The topological polar surface area (TPSA) is 83.1 Å². The van der Waals surface area contributed by atoms with E-state index >= 15 is 0 Å². The molecule has 0 aromatic heterocycles. The zero-order valence-corrected chi connectivity index (χ0v) is 14.1. The molecule has 0 saturated heterocycles. The Hall–Kier alpha value is -2.44. The van der Waals surface area contributed by atoms with Crippen LogP contribution in [-0.4, -0.2) is 39.4 Å². The molecule has 1 amide bonds. The van der Waals surface area contributed by atoms with E-state index in [0.717, 1.165) is 0 Å². The van der Waals surface area contributed by atoms with Crippen LogP contribution in [0.2, 0.25) is 0 Å². The molecule has 1 aromatic rings. The van der Waals surface area contributed by atoms with Gasteiger partial charge in [-0.1, -0.05) is 0 Å². The summed E-state index contributed by atoms with van der Waals surface area (Å²) in [6.45, 7) is 5.15. The SMILES string of the molecule is CCOC(=O)CNC(=O)OC(C)(C)c1cc(OC)cc(OC)c1. The van der Waals surface area contributed by atoms with Gasteiger partial charge in [0.25, 0.3) is 0 Å². The molecule has 0 unspecified atom stereocenters. The molecule has 1 N–H and O–H groups in total. The Bertz CT molecular complexity index is 533. The van der Waals surface area contributed by atoms with E-state index in [2.05, 4.69) is 5.32 Å². The van der Waals surface area contributed by atoms with Crippen LogP contribution in [-0.2, 0) is 19.9 Å². The van der Waals surface area contributed by atoms with Gasteiger partial charge < -0.3 is 24.3 Å². The van der Waals surface area contributed by atoms with Gasteiger partial charge in [-0.3, -0.25) is 4.79 Å². The lowest BCUT2D eigenvalue weighted by atomic mass is 9.97. The third-order valence-corrected chi connectivity index (χ3v) is 3.08. The van der Waals surface area contributed by atoms with Crippen molar-refractivity contribution in [3.63, 3.8) is 0 Å². The molecule has 0 aliphatic heterocycles. The smallest absolute Gasteiger partial charge is 0.408 e. The largest absolute Gasteiger partial charge is 0.497 e. The molecule has 1 rings (SSSR count). The van der Waals surface area contributed by atoms with Crippen molar-refractivity contribution in [2.24, 2.45) is 0 Å². The number of nitrogens with one attached hydrogen (secondary N) is 1. The normalized spacial score (nSPS) is 10.7. The molecule has 0 saturated carbocycles. The Kier molecular flexibility index (Phi) is 6.68. The van der Waals surface area contributed by atoms with Crippen LogP contribution in [0.1, 0.15) is 26.3 Å². The van der Waals surface area contributed by atoms with Gasteiger partial charge in [-0.15, -0.1) is 0 Å². The van der Waals surface area contributed by atoms with E-state index in [1.165, 1.54) is 0 Å². The standard InChI is InChI=1S/C16H23NO6/c1-6-22-14(18)10-17-15(19)23-16(2,3)11-7-12(20-4)9-13(8-11)21-5/h7-9H,6,10H2,1-5H3,(H,17,19). The lowest BCUT2D eigenvalue weighted by Crippen LogP contribution is -2.36. The first-order chi connectivity index (χ1) is 10.8. The second-order valence-corrected chi connectivity index (χ2v) is 5.16. The lowest BCUT2D eigenvalue weighted by Gasteiger charge is -2.26. The minimum atomic E-state index is -0.944. The highest BCUT2D eigenvalue weighted by molar-refractivity contribution is 5.78. The molecule has 0 spiro atoms. The van der Waals surface area contributed by atoms with Gasteiger partial charge in [-0.2, -0.15) is 0 Å². The molecular weight excluding hydrogens is 302 g/mol. The molecule has 0 aliphatic carbocycles. The van der Waals surface area contributed by atoms with E-state index < -0.39 is 17.7 Å². The predicted octanol–water partition coefficient (Wildman–Crippen LogP) is 2.23. The molecule has 0 heterocycles. The number of hydrogen-bond donors (Lipinski definition) is 1. The fourth-order valence-electron chi connectivity index (χ4n) is 1.84. The van der Waals surface area contributed by atoms with Crippen LogP contribution in [0.15, 0.2) is 18.2 Å². The number of rotatable bonds is 7. The molecule has 7 nitrogen and oxygen atoms in total. The molecule has 1 aromatic carbocycles. The van der Waals surface area contributed by atoms with Gasteiger partial charge in [0.15, 0.2) is 0 Å². The summed E-state index contributed by atoms with van der Waals surface area (Å²) in [5, 5.41) is 2.35.